The molecule has 40 heavy (non-hydrogen) atoms. The lowest BCUT2D eigenvalue weighted by Gasteiger charge is -2.32. The molecule has 1 atom stereocenters. The van der Waals surface area contributed by atoms with Gasteiger partial charge in [0.15, 0.2) is 0 Å². The van der Waals surface area contributed by atoms with Gasteiger partial charge in [-0.3, -0.25) is 4.18 Å². The SMILES string of the molecule is NS(=O)(=O)OC1CC(N=C(NS(=O)(=O)c2ccc(Cl)cc2)N2C[C@H](c3ccccc3)C(c3ccc(F)cc3)=N2)C1. The fourth-order valence-electron chi connectivity index (χ4n) is 4.49. The topological polar surface area (TPSA) is 144 Å². The number of nitrogens with two attached hydrogens (primary N) is 1. The average molecular weight is 606 g/mol. The summed E-state index contributed by atoms with van der Waals surface area (Å²) in [6.07, 6.45) is -0.230. The molecular weight excluding hydrogens is 581 g/mol. The summed E-state index contributed by atoms with van der Waals surface area (Å²) in [4.78, 5) is 4.55. The van der Waals surface area contributed by atoms with E-state index in [-0.39, 0.29) is 36.2 Å². The molecule has 0 radical (unpaired) electrons. The van der Waals surface area contributed by atoms with E-state index >= 15 is 0 Å². The Bertz CT molecular complexity index is 1650. The van der Waals surface area contributed by atoms with E-state index in [0.29, 0.717) is 16.3 Å². The monoisotopic (exact) mass is 605 g/mol. The minimum atomic E-state index is -4.13. The zero-order valence-electron chi connectivity index (χ0n) is 20.9. The third kappa shape index (κ3) is 6.67. The first-order valence-corrected chi connectivity index (χ1v) is 15.5. The maximum atomic E-state index is 13.7. The molecule has 3 N–H and O–H groups in total. The van der Waals surface area contributed by atoms with Crippen LogP contribution in [0.4, 0.5) is 4.39 Å². The van der Waals surface area contributed by atoms with Gasteiger partial charge in [-0.15, -0.1) is 0 Å². The number of hydrogen-bond donors (Lipinski definition) is 2. The van der Waals surface area contributed by atoms with Crippen molar-refractivity contribution in [3.05, 3.63) is 101 Å². The lowest BCUT2D eigenvalue weighted by Crippen LogP contribution is -2.45. The molecule has 3 aromatic rings. The standard InChI is InChI=1S/C26H25ClFN5O5S2/c27-19-8-12-23(13-9-19)39(34,35)32-26(30-21-14-22(15-21)38-40(29,36)37)33-16-24(17-4-2-1-3-5-17)25(31-33)18-6-10-20(28)11-7-18/h1-13,21-22,24H,14-16H2,(H,30,32)(H2,29,36,37)/t21?,22?,24-/m1/s1. The number of halogens is 2. The Labute approximate surface area is 236 Å². The number of nitrogens with zero attached hydrogens (tertiary/aromatic N) is 3. The molecule has 1 aliphatic carbocycles. The number of guanidine groups is 1. The molecule has 0 bridgehead atoms. The van der Waals surface area contributed by atoms with Gasteiger partial charge in [0.1, 0.15) is 5.82 Å². The van der Waals surface area contributed by atoms with E-state index in [9.17, 15) is 21.2 Å². The molecule has 0 amide bonds. The smallest absolute Gasteiger partial charge is 0.255 e. The summed E-state index contributed by atoms with van der Waals surface area (Å²) in [6.45, 7) is 0.239. The van der Waals surface area contributed by atoms with Gasteiger partial charge in [0.05, 0.1) is 29.3 Å². The number of aliphatic imine (C=N–C) groups is 1. The van der Waals surface area contributed by atoms with Crippen molar-refractivity contribution in [2.75, 3.05) is 6.54 Å². The fraction of sp³-hybridized carbons (Fsp3) is 0.231. The van der Waals surface area contributed by atoms with Crippen LogP contribution in [-0.2, 0) is 24.5 Å². The highest BCUT2D eigenvalue weighted by atomic mass is 35.5. The highest BCUT2D eigenvalue weighted by molar-refractivity contribution is 7.90. The van der Waals surface area contributed by atoms with Gasteiger partial charge in [0.2, 0.25) is 5.96 Å². The molecule has 3 aromatic carbocycles. The maximum absolute atomic E-state index is 13.7. The van der Waals surface area contributed by atoms with Crippen LogP contribution in [0.1, 0.15) is 29.9 Å². The Morgan fingerprint density at radius 3 is 2.27 bits per heavy atom. The van der Waals surface area contributed by atoms with E-state index in [1.165, 1.54) is 41.4 Å². The van der Waals surface area contributed by atoms with Crippen LogP contribution in [-0.4, -0.2) is 52.2 Å². The van der Waals surface area contributed by atoms with E-state index in [1.54, 1.807) is 12.1 Å². The summed E-state index contributed by atoms with van der Waals surface area (Å²) in [5.41, 5.74) is 2.20. The zero-order valence-corrected chi connectivity index (χ0v) is 23.3. The summed E-state index contributed by atoms with van der Waals surface area (Å²) in [5.74, 6) is -0.724. The summed E-state index contributed by atoms with van der Waals surface area (Å²) < 4.78 is 70.2. The van der Waals surface area contributed by atoms with E-state index in [2.05, 4.69) is 9.71 Å². The van der Waals surface area contributed by atoms with Gasteiger partial charge in [-0.2, -0.15) is 13.5 Å². The van der Waals surface area contributed by atoms with Crippen LogP contribution in [0.15, 0.2) is 93.9 Å². The van der Waals surface area contributed by atoms with Crippen molar-refractivity contribution in [3.63, 3.8) is 0 Å². The Balaban J connectivity index is 1.50. The Kier molecular flexibility index (Phi) is 7.93. The second-order valence-electron chi connectivity index (χ2n) is 9.39. The van der Waals surface area contributed by atoms with Gasteiger partial charge < -0.3 is 0 Å². The van der Waals surface area contributed by atoms with E-state index in [4.69, 9.17) is 26.0 Å². The van der Waals surface area contributed by atoms with E-state index < -0.39 is 38.3 Å². The Morgan fingerprint density at radius 2 is 1.65 bits per heavy atom. The lowest BCUT2D eigenvalue weighted by atomic mass is 9.90. The summed E-state index contributed by atoms with van der Waals surface area (Å²) >= 11 is 5.93. The third-order valence-corrected chi connectivity index (χ3v) is 8.63. The second kappa shape index (κ2) is 11.3. The van der Waals surface area contributed by atoms with Crippen LogP contribution < -0.4 is 9.86 Å². The van der Waals surface area contributed by atoms with Crippen LogP contribution in [0.2, 0.25) is 5.02 Å². The number of sulfonamides is 1. The van der Waals surface area contributed by atoms with Gasteiger partial charge in [0.25, 0.3) is 10.0 Å². The second-order valence-corrected chi connectivity index (χ2v) is 12.7. The number of hydrazone groups is 1. The van der Waals surface area contributed by atoms with Crippen LogP contribution in [0.3, 0.4) is 0 Å². The highest BCUT2D eigenvalue weighted by Crippen LogP contribution is 2.31. The normalized spacial score (nSPS) is 21.6. The van der Waals surface area contributed by atoms with Gasteiger partial charge in [-0.1, -0.05) is 54.1 Å². The predicted octanol–water partition coefficient (Wildman–Crippen LogP) is 3.37. The first-order valence-electron chi connectivity index (χ1n) is 12.2. The van der Waals surface area contributed by atoms with Gasteiger partial charge >= 0.3 is 10.3 Å². The maximum Gasteiger partial charge on any atom is 0.333 e. The molecule has 210 valence electrons. The average Bonchev–Trinajstić information content (AvgIpc) is 3.33. The number of benzene rings is 3. The summed E-state index contributed by atoms with van der Waals surface area (Å²) in [7, 11) is -8.23. The Morgan fingerprint density at radius 1 is 1.00 bits per heavy atom. The third-order valence-electron chi connectivity index (χ3n) is 6.50. The molecule has 1 saturated carbocycles. The van der Waals surface area contributed by atoms with Crippen molar-refractivity contribution in [2.45, 2.75) is 35.8 Å². The van der Waals surface area contributed by atoms with Gasteiger partial charge in [-0.05, 0) is 60.4 Å². The molecule has 1 aliphatic heterocycles. The molecular formula is C26H25ClFN5O5S2. The minimum Gasteiger partial charge on any atom is -0.255 e. The zero-order chi connectivity index (χ0) is 28.5. The van der Waals surface area contributed by atoms with Crippen molar-refractivity contribution in [2.24, 2.45) is 15.2 Å². The molecule has 0 saturated heterocycles. The van der Waals surface area contributed by atoms with E-state index in [1.807, 2.05) is 30.3 Å². The molecule has 0 spiro atoms. The van der Waals surface area contributed by atoms with Crippen LogP contribution in [0.5, 0.6) is 0 Å². The van der Waals surface area contributed by atoms with Crippen molar-refractivity contribution in [3.8, 4) is 0 Å². The molecule has 1 fully saturated rings. The first kappa shape index (κ1) is 28.2. The molecule has 1 heterocycles. The Hall–Kier alpha value is -3.36. The van der Waals surface area contributed by atoms with Gasteiger partial charge in [0, 0.05) is 10.9 Å². The summed E-state index contributed by atoms with van der Waals surface area (Å²) in [6, 6.07) is 20.6. The summed E-state index contributed by atoms with van der Waals surface area (Å²) in [5, 5.41) is 11.5. The molecule has 10 nitrogen and oxygen atoms in total. The lowest BCUT2D eigenvalue weighted by molar-refractivity contribution is 0.108. The number of hydrogen-bond acceptors (Lipinski definition) is 7. The van der Waals surface area contributed by atoms with Gasteiger partial charge in [-0.25, -0.2) is 32.7 Å². The fourth-order valence-corrected chi connectivity index (χ4v) is 6.16. The quantitative estimate of drug-likeness (QED) is 0.312. The molecule has 0 unspecified atom stereocenters. The minimum absolute atomic E-state index is 0.0322. The molecule has 2 aliphatic rings. The molecule has 14 heteroatoms. The van der Waals surface area contributed by atoms with Crippen LogP contribution >= 0.6 is 11.6 Å². The predicted molar refractivity (Wildman–Crippen MR) is 149 cm³/mol. The number of nitrogens with one attached hydrogen (secondary N) is 1. The molecule has 0 aromatic heterocycles. The van der Waals surface area contributed by atoms with Crippen molar-refractivity contribution >= 4 is 43.6 Å². The van der Waals surface area contributed by atoms with Crippen LogP contribution in [0, 0.1) is 5.82 Å². The highest BCUT2D eigenvalue weighted by Gasteiger charge is 2.37. The van der Waals surface area contributed by atoms with Crippen molar-refractivity contribution in [1.29, 1.82) is 0 Å². The number of rotatable bonds is 7. The molecule has 5 rings (SSSR count). The van der Waals surface area contributed by atoms with Crippen molar-refractivity contribution < 1.29 is 25.4 Å². The first-order chi connectivity index (χ1) is 19.0. The van der Waals surface area contributed by atoms with Crippen molar-refractivity contribution in [1.82, 2.24) is 9.73 Å². The van der Waals surface area contributed by atoms with E-state index in [0.717, 1.165) is 5.56 Å². The van der Waals surface area contributed by atoms with Crippen LogP contribution in [0.25, 0.3) is 0 Å². The largest absolute Gasteiger partial charge is 0.333 e.